The number of ketones is 1. The van der Waals surface area contributed by atoms with Crippen molar-refractivity contribution in [2.45, 2.75) is 110 Å². The van der Waals surface area contributed by atoms with Gasteiger partial charge in [0.1, 0.15) is 17.9 Å². The van der Waals surface area contributed by atoms with Crippen molar-refractivity contribution in [1.29, 1.82) is 0 Å². The van der Waals surface area contributed by atoms with Crippen molar-refractivity contribution < 1.29 is 24.2 Å². The topological polar surface area (TPSA) is 117 Å². The van der Waals surface area contributed by atoms with E-state index in [1.807, 2.05) is 0 Å². The van der Waals surface area contributed by atoms with Crippen LogP contribution in [0.25, 0.3) is 0 Å². The van der Waals surface area contributed by atoms with Crippen LogP contribution in [0.5, 0.6) is 0 Å². The number of ether oxygens (including phenoxy) is 1. The van der Waals surface area contributed by atoms with E-state index in [2.05, 4.69) is 43.6 Å². The Morgan fingerprint density at radius 3 is 2.58 bits per heavy atom. The number of piperidine rings is 1. The van der Waals surface area contributed by atoms with Gasteiger partial charge in [-0.3, -0.25) is 19.7 Å². The highest BCUT2D eigenvalue weighted by Crippen LogP contribution is 2.70. The van der Waals surface area contributed by atoms with Crippen LogP contribution in [0.1, 0.15) is 91.9 Å². The van der Waals surface area contributed by atoms with Gasteiger partial charge in [0.2, 0.25) is 11.8 Å². The van der Waals surface area contributed by atoms with Crippen molar-refractivity contribution >= 4 is 17.6 Å². The smallest absolute Gasteiger partial charge is 0.229 e. The molecule has 1 spiro atoms. The predicted octanol–water partition coefficient (Wildman–Crippen LogP) is 3.17. The zero-order valence-electron chi connectivity index (χ0n) is 25.0. The Morgan fingerprint density at radius 1 is 1.05 bits per heavy atom. The quantitative estimate of drug-likeness (QED) is 0.386. The maximum absolute atomic E-state index is 14.3. The second-order valence-electron chi connectivity index (χ2n) is 15.0. The summed E-state index contributed by atoms with van der Waals surface area (Å²) in [5.74, 6) is 3.09. The van der Waals surface area contributed by atoms with Gasteiger partial charge in [-0.05, 0) is 86.4 Å². The highest BCUT2D eigenvalue weighted by Gasteiger charge is 2.71. The molecule has 2 saturated heterocycles. The fraction of sp³-hybridized carbons (Fsp3) is 0.906. The van der Waals surface area contributed by atoms with Gasteiger partial charge in [-0.15, -0.1) is 0 Å². The lowest BCUT2D eigenvalue weighted by Gasteiger charge is -2.60. The summed E-state index contributed by atoms with van der Waals surface area (Å²) in [5, 5.41) is 18.3. The van der Waals surface area contributed by atoms with Gasteiger partial charge in [0.25, 0.3) is 0 Å². The van der Waals surface area contributed by atoms with Gasteiger partial charge in [-0.2, -0.15) is 0 Å². The van der Waals surface area contributed by atoms with Gasteiger partial charge in [0.05, 0.1) is 12.7 Å². The SMILES string of the molecule is C[C@@H]1CC[C@@]2(NC1)O[C@H]1C[C@H]3[C@@H]4CC[C@H]5C[C@@H](NC(=O)CC(=O)NCCO)CC[C@]5(C)[C@H]4CC(=O)[C@]3(C)[C@H]1[C@@H]2C. The van der Waals surface area contributed by atoms with Crippen molar-refractivity contribution in [2.75, 3.05) is 19.7 Å². The lowest BCUT2D eigenvalue weighted by Crippen LogP contribution is -2.60. The molecular formula is C32H51N3O5. The molecule has 8 nitrogen and oxygen atoms in total. The number of nitrogens with one attached hydrogen (secondary N) is 3. The molecule has 6 aliphatic rings. The summed E-state index contributed by atoms with van der Waals surface area (Å²) in [6, 6.07) is 0.0827. The molecule has 4 N–H and O–H groups in total. The monoisotopic (exact) mass is 557 g/mol. The average Bonchev–Trinajstić information content (AvgIpc) is 3.36. The molecule has 6 rings (SSSR count). The summed E-state index contributed by atoms with van der Waals surface area (Å²) in [6.45, 7) is 10.4. The molecule has 0 aromatic heterocycles. The third-order valence-corrected chi connectivity index (χ3v) is 13.1. The summed E-state index contributed by atoms with van der Waals surface area (Å²) in [7, 11) is 0. The van der Waals surface area contributed by atoms with E-state index in [1.165, 1.54) is 6.42 Å². The summed E-state index contributed by atoms with van der Waals surface area (Å²) in [5.41, 5.74) is -0.421. The minimum absolute atomic E-state index is 0.0827. The molecular weight excluding hydrogens is 506 g/mol. The van der Waals surface area contributed by atoms with E-state index in [0.29, 0.717) is 53.6 Å². The third kappa shape index (κ3) is 4.38. The number of carbonyl (C=O) groups is 3. The summed E-state index contributed by atoms with van der Waals surface area (Å²) >= 11 is 0. The Labute approximate surface area is 239 Å². The molecule has 2 aliphatic heterocycles. The summed E-state index contributed by atoms with van der Waals surface area (Å²) in [4.78, 5) is 38.7. The molecule has 8 heteroatoms. The second-order valence-corrected chi connectivity index (χ2v) is 15.0. The molecule has 4 saturated carbocycles. The van der Waals surface area contributed by atoms with Crippen LogP contribution >= 0.6 is 0 Å². The molecule has 4 aliphatic carbocycles. The van der Waals surface area contributed by atoms with Crippen LogP contribution in [0.2, 0.25) is 0 Å². The number of carbonyl (C=O) groups excluding carboxylic acids is 3. The fourth-order valence-corrected chi connectivity index (χ4v) is 10.9. The maximum atomic E-state index is 14.3. The van der Waals surface area contributed by atoms with E-state index < -0.39 is 0 Å². The standard InChI is InChI=1S/C32H51N3O5/c1-18-7-10-32(34-17-18)19(2)29-25(40-32)14-24-22-6-5-20-13-21(35-28(39)16-27(38)33-11-12-36)8-9-30(20,3)23(22)15-26(37)31(24,29)4/h18-25,29,34,36H,5-17H2,1-4H3,(H,33,38)(H,35,39)/t18-,19+,20+,21+,22-,23+,24+,25+,29+,30+,31-,32-/m1/s1. The van der Waals surface area contributed by atoms with Gasteiger partial charge in [-0.1, -0.05) is 27.7 Å². The number of hydrogen-bond donors (Lipinski definition) is 4. The molecule has 0 bridgehead atoms. The molecule has 2 heterocycles. The summed E-state index contributed by atoms with van der Waals surface area (Å²) < 4.78 is 6.95. The van der Waals surface area contributed by atoms with Crippen LogP contribution in [0.4, 0.5) is 0 Å². The first-order valence-corrected chi connectivity index (χ1v) is 16.1. The Hall–Kier alpha value is -1.51. The molecule has 40 heavy (non-hydrogen) atoms. The van der Waals surface area contributed by atoms with Gasteiger partial charge in [-0.25, -0.2) is 0 Å². The van der Waals surface area contributed by atoms with Crippen LogP contribution in [-0.4, -0.2) is 60.3 Å². The van der Waals surface area contributed by atoms with Gasteiger partial charge in [0, 0.05) is 42.8 Å². The molecule has 0 aromatic rings. The van der Waals surface area contributed by atoms with E-state index in [0.717, 1.165) is 51.5 Å². The number of aliphatic hydroxyl groups excluding tert-OH is 1. The van der Waals surface area contributed by atoms with Crippen molar-refractivity contribution in [3.8, 4) is 0 Å². The zero-order valence-corrected chi connectivity index (χ0v) is 25.0. The van der Waals surface area contributed by atoms with Crippen LogP contribution in [0.15, 0.2) is 0 Å². The number of Topliss-reactive ketones (excluding diaryl/α,β-unsaturated/α-hetero) is 1. The fourth-order valence-electron chi connectivity index (χ4n) is 10.9. The van der Waals surface area contributed by atoms with Crippen LogP contribution in [0.3, 0.4) is 0 Å². The van der Waals surface area contributed by atoms with E-state index >= 15 is 0 Å². The first-order valence-electron chi connectivity index (χ1n) is 16.1. The largest absolute Gasteiger partial charge is 0.395 e. The molecule has 0 radical (unpaired) electrons. The van der Waals surface area contributed by atoms with Crippen molar-refractivity contribution in [2.24, 2.45) is 52.3 Å². The number of rotatable bonds is 5. The average molecular weight is 558 g/mol. The molecule has 224 valence electrons. The number of amides is 2. The molecule has 6 fully saturated rings. The van der Waals surface area contributed by atoms with E-state index in [9.17, 15) is 14.4 Å². The van der Waals surface area contributed by atoms with E-state index in [1.54, 1.807) is 0 Å². The van der Waals surface area contributed by atoms with Crippen molar-refractivity contribution in [1.82, 2.24) is 16.0 Å². The van der Waals surface area contributed by atoms with Crippen LogP contribution < -0.4 is 16.0 Å². The first-order chi connectivity index (χ1) is 19.0. The summed E-state index contributed by atoms with van der Waals surface area (Å²) in [6.07, 6.45) is 9.09. The molecule has 2 amide bonds. The Kier molecular flexibility index (Phi) is 7.39. The lowest BCUT2D eigenvalue weighted by molar-refractivity contribution is -0.160. The normalized spacial score (nSPS) is 49.5. The maximum Gasteiger partial charge on any atom is 0.229 e. The van der Waals surface area contributed by atoms with E-state index in [4.69, 9.17) is 9.84 Å². The predicted molar refractivity (Wildman–Crippen MR) is 151 cm³/mol. The second kappa shape index (κ2) is 10.3. The van der Waals surface area contributed by atoms with Gasteiger partial charge in [0.15, 0.2) is 0 Å². The highest BCUT2D eigenvalue weighted by molar-refractivity contribution is 5.97. The molecule has 0 aromatic carbocycles. The van der Waals surface area contributed by atoms with Gasteiger partial charge >= 0.3 is 0 Å². The Balaban J connectivity index is 1.13. The molecule has 0 unspecified atom stereocenters. The van der Waals surface area contributed by atoms with Crippen molar-refractivity contribution in [3.05, 3.63) is 0 Å². The number of aliphatic hydroxyl groups is 1. The minimum Gasteiger partial charge on any atom is -0.395 e. The van der Waals surface area contributed by atoms with Crippen LogP contribution in [0, 0.1) is 52.3 Å². The van der Waals surface area contributed by atoms with E-state index in [-0.39, 0.29) is 60.1 Å². The zero-order chi connectivity index (χ0) is 28.4. The van der Waals surface area contributed by atoms with Crippen LogP contribution in [-0.2, 0) is 19.1 Å². The lowest BCUT2D eigenvalue weighted by atomic mass is 9.44. The Bertz CT molecular complexity index is 1030. The molecule has 12 atom stereocenters. The number of hydrogen-bond acceptors (Lipinski definition) is 6. The minimum atomic E-state index is -0.351. The number of fused-ring (bicyclic) bond motifs is 7. The highest BCUT2D eigenvalue weighted by atomic mass is 16.5. The van der Waals surface area contributed by atoms with Gasteiger partial charge < -0.3 is 20.5 Å². The Morgan fingerprint density at radius 2 is 1.85 bits per heavy atom. The third-order valence-electron chi connectivity index (χ3n) is 13.1. The van der Waals surface area contributed by atoms with Crippen molar-refractivity contribution in [3.63, 3.8) is 0 Å². The first kappa shape index (κ1) is 28.6.